The Kier molecular flexibility index (Phi) is 5.10. The second-order valence-electron chi connectivity index (χ2n) is 7.69. The van der Waals surface area contributed by atoms with Crippen molar-refractivity contribution in [1.82, 2.24) is 34.2 Å². The van der Waals surface area contributed by atoms with Crippen LogP contribution in [0, 0.1) is 6.92 Å². The molecule has 0 saturated heterocycles. The highest BCUT2D eigenvalue weighted by molar-refractivity contribution is 6.30. The zero-order valence-electron chi connectivity index (χ0n) is 17.7. The molecule has 9 nitrogen and oxygen atoms in total. The number of fused-ring (bicyclic) bond motifs is 1. The van der Waals surface area contributed by atoms with Gasteiger partial charge in [0, 0.05) is 50.2 Å². The SMILES string of the molecule is Cc1cnc(Nc2ccnn2C)nc1-c1cn2c(n1)C(=O)N(Cc1cccc(Cl)c1)CC2. The number of rotatable bonds is 5. The van der Waals surface area contributed by atoms with E-state index in [1.807, 2.05) is 55.1 Å². The fourth-order valence-corrected chi connectivity index (χ4v) is 3.93. The zero-order chi connectivity index (χ0) is 22.2. The average molecular weight is 449 g/mol. The van der Waals surface area contributed by atoms with Crippen LogP contribution in [0.3, 0.4) is 0 Å². The number of amides is 1. The summed E-state index contributed by atoms with van der Waals surface area (Å²) in [4.78, 5) is 28.5. The van der Waals surface area contributed by atoms with Crippen molar-refractivity contribution in [2.24, 2.45) is 7.05 Å². The number of imidazole rings is 1. The van der Waals surface area contributed by atoms with E-state index in [1.54, 1.807) is 22.0 Å². The number of nitrogens with one attached hydrogen (secondary N) is 1. The predicted molar refractivity (Wildman–Crippen MR) is 121 cm³/mol. The number of hydrogen-bond donors (Lipinski definition) is 1. The number of hydrogen-bond acceptors (Lipinski definition) is 6. The number of anilines is 2. The molecule has 0 aliphatic carbocycles. The van der Waals surface area contributed by atoms with Crippen LogP contribution in [0.25, 0.3) is 11.4 Å². The van der Waals surface area contributed by atoms with Crippen molar-refractivity contribution in [3.63, 3.8) is 0 Å². The molecule has 1 amide bonds. The first-order valence-electron chi connectivity index (χ1n) is 10.2. The van der Waals surface area contributed by atoms with E-state index in [9.17, 15) is 4.79 Å². The van der Waals surface area contributed by atoms with Gasteiger partial charge in [0.25, 0.3) is 5.91 Å². The summed E-state index contributed by atoms with van der Waals surface area (Å²) in [5, 5.41) is 7.95. The van der Waals surface area contributed by atoms with Gasteiger partial charge >= 0.3 is 0 Å². The van der Waals surface area contributed by atoms with E-state index in [-0.39, 0.29) is 5.91 Å². The number of halogens is 1. The number of benzene rings is 1. The summed E-state index contributed by atoms with van der Waals surface area (Å²) in [6.07, 6.45) is 5.32. The molecule has 1 aromatic carbocycles. The lowest BCUT2D eigenvalue weighted by Crippen LogP contribution is -2.39. The Morgan fingerprint density at radius 1 is 1.19 bits per heavy atom. The van der Waals surface area contributed by atoms with E-state index in [0.717, 1.165) is 16.9 Å². The molecule has 3 aromatic heterocycles. The second-order valence-corrected chi connectivity index (χ2v) is 8.13. The highest BCUT2D eigenvalue weighted by Crippen LogP contribution is 2.25. The minimum atomic E-state index is -0.109. The van der Waals surface area contributed by atoms with Gasteiger partial charge in [-0.1, -0.05) is 23.7 Å². The van der Waals surface area contributed by atoms with E-state index in [4.69, 9.17) is 11.6 Å². The minimum Gasteiger partial charge on any atom is -0.330 e. The van der Waals surface area contributed by atoms with Crippen LogP contribution in [-0.4, -0.2) is 46.7 Å². The molecule has 0 radical (unpaired) electrons. The van der Waals surface area contributed by atoms with Crippen LogP contribution in [0.5, 0.6) is 0 Å². The molecular weight excluding hydrogens is 428 g/mol. The number of aryl methyl sites for hydroxylation is 2. The van der Waals surface area contributed by atoms with E-state index in [0.29, 0.717) is 47.8 Å². The molecule has 10 heteroatoms. The molecule has 0 fully saturated rings. The fourth-order valence-electron chi connectivity index (χ4n) is 3.72. The average Bonchev–Trinajstić information content (AvgIpc) is 3.38. The molecule has 32 heavy (non-hydrogen) atoms. The lowest BCUT2D eigenvalue weighted by atomic mass is 10.2. The predicted octanol–water partition coefficient (Wildman–Crippen LogP) is 3.44. The third-order valence-corrected chi connectivity index (χ3v) is 5.64. The summed E-state index contributed by atoms with van der Waals surface area (Å²) < 4.78 is 3.59. The van der Waals surface area contributed by atoms with Crippen LogP contribution in [0.1, 0.15) is 21.7 Å². The Morgan fingerprint density at radius 2 is 2.06 bits per heavy atom. The van der Waals surface area contributed by atoms with Gasteiger partial charge in [-0.2, -0.15) is 5.10 Å². The molecular formula is C22H21ClN8O. The molecule has 0 saturated carbocycles. The third kappa shape index (κ3) is 3.82. The van der Waals surface area contributed by atoms with Crippen molar-refractivity contribution in [3.8, 4) is 11.4 Å². The van der Waals surface area contributed by atoms with Gasteiger partial charge in [-0.25, -0.2) is 15.0 Å². The van der Waals surface area contributed by atoms with Crippen molar-refractivity contribution in [1.29, 1.82) is 0 Å². The van der Waals surface area contributed by atoms with Gasteiger partial charge in [-0.15, -0.1) is 0 Å². The molecule has 4 aromatic rings. The smallest absolute Gasteiger partial charge is 0.290 e. The maximum atomic E-state index is 13.1. The number of carbonyl (C=O) groups is 1. The van der Waals surface area contributed by atoms with Crippen molar-refractivity contribution >= 4 is 29.3 Å². The Labute approximate surface area is 189 Å². The summed E-state index contributed by atoms with van der Waals surface area (Å²) in [6.45, 7) is 3.69. The summed E-state index contributed by atoms with van der Waals surface area (Å²) in [7, 11) is 1.83. The quantitative estimate of drug-likeness (QED) is 0.502. The molecule has 1 N–H and O–H groups in total. The van der Waals surface area contributed by atoms with Crippen LogP contribution < -0.4 is 5.32 Å². The summed E-state index contributed by atoms with van der Waals surface area (Å²) in [5.74, 6) is 1.51. The normalized spacial score (nSPS) is 13.3. The van der Waals surface area contributed by atoms with E-state index >= 15 is 0 Å². The van der Waals surface area contributed by atoms with E-state index in [1.165, 1.54) is 0 Å². The standard InChI is InChI=1S/C22H21ClN8O/c1-14-11-24-22(27-18-6-7-25-29(18)2)28-19(14)17-13-30-8-9-31(21(32)20(30)26-17)12-15-4-3-5-16(23)10-15/h3-7,10-11,13H,8-9,12H2,1-2H3,(H,24,27,28). The first-order chi connectivity index (χ1) is 15.5. The van der Waals surface area contributed by atoms with Crippen molar-refractivity contribution in [2.45, 2.75) is 20.0 Å². The number of carbonyl (C=O) groups excluding carboxylic acids is 1. The van der Waals surface area contributed by atoms with Crippen molar-refractivity contribution in [2.75, 3.05) is 11.9 Å². The van der Waals surface area contributed by atoms with Gasteiger partial charge in [0.15, 0.2) is 5.82 Å². The Hall–Kier alpha value is -3.72. The largest absolute Gasteiger partial charge is 0.330 e. The molecule has 0 unspecified atom stereocenters. The van der Waals surface area contributed by atoms with Crippen molar-refractivity contribution < 1.29 is 4.79 Å². The van der Waals surface area contributed by atoms with Gasteiger partial charge in [-0.05, 0) is 30.2 Å². The van der Waals surface area contributed by atoms with Gasteiger partial charge in [-0.3, -0.25) is 9.48 Å². The van der Waals surface area contributed by atoms with Gasteiger partial charge in [0.05, 0.1) is 11.9 Å². The monoisotopic (exact) mass is 448 g/mol. The van der Waals surface area contributed by atoms with Gasteiger partial charge < -0.3 is 14.8 Å². The number of nitrogens with zero attached hydrogens (tertiary/aromatic N) is 7. The van der Waals surface area contributed by atoms with Crippen LogP contribution in [0.2, 0.25) is 5.02 Å². The van der Waals surface area contributed by atoms with Crippen LogP contribution in [-0.2, 0) is 20.1 Å². The van der Waals surface area contributed by atoms with Crippen LogP contribution >= 0.6 is 11.6 Å². The Bertz CT molecular complexity index is 1310. The van der Waals surface area contributed by atoms with E-state index < -0.39 is 0 Å². The Morgan fingerprint density at radius 3 is 2.84 bits per heavy atom. The lowest BCUT2D eigenvalue weighted by Gasteiger charge is -2.27. The highest BCUT2D eigenvalue weighted by atomic mass is 35.5. The van der Waals surface area contributed by atoms with Crippen LogP contribution in [0.15, 0.2) is 48.9 Å². The van der Waals surface area contributed by atoms with Crippen molar-refractivity contribution in [3.05, 3.63) is 70.9 Å². The summed E-state index contributed by atoms with van der Waals surface area (Å²) in [6, 6.07) is 9.39. The lowest BCUT2D eigenvalue weighted by molar-refractivity contribution is 0.0683. The summed E-state index contributed by atoms with van der Waals surface area (Å²) >= 11 is 6.09. The molecule has 0 spiro atoms. The van der Waals surface area contributed by atoms with Gasteiger partial charge in [0.2, 0.25) is 5.95 Å². The fraction of sp³-hybridized carbons (Fsp3) is 0.227. The highest BCUT2D eigenvalue weighted by Gasteiger charge is 2.28. The third-order valence-electron chi connectivity index (χ3n) is 5.40. The van der Waals surface area contributed by atoms with Crippen LogP contribution in [0.4, 0.5) is 11.8 Å². The first kappa shape index (κ1) is 20.2. The van der Waals surface area contributed by atoms with E-state index in [2.05, 4.69) is 25.4 Å². The number of aromatic nitrogens is 6. The minimum absolute atomic E-state index is 0.109. The molecule has 1 aliphatic heterocycles. The molecule has 5 rings (SSSR count). The Balaban J connectivity index is 1.41. The molecule has 1 aliphatic rings. The second kappa shape index (κ2) is 8.08. The zero-order valence-corrected chi connectivity index (χ0v) is 18.4. The summed E-state index contributed by atoms with van der Waals surface area (Å²) in [5.41, 5.74) is 3.19. The van der Waals surface area contributed by atoms with Gasteiger partial charge in [0.1, 0.15) is 11.5 Å². The topological polar surface area (TPSA) is 93.8 Å². The molecule has 0 atom stereocenters. The molecule has 4 heterocycles. The molecule has 0 bridgehead atoms. The maximum Gasteiger partial charge on any atom is 0.290 e. The maximum absolute atomic E-state index is 13.1. The first-order valence-corrected chi connectivity index (χ1v) is 10.6. The molecule has 162 valence electrons.